The Morgan fingerprint density at radius 2 is 1.57 bits per heavy atom. The van der Waals surface area contributed by atoms with Gasteiger partial charge in [-0.25, -0.2) is 33.0 Å². The van der Waals surface area contributed by atoms with Crippen LogP contribution in [-0.2, 0) is 47.9 Å². The molecule has 0 spiro atoms. The number of nitrogens with two attached hydrogens (primary N) is 1. The highest BCUT2D eigenvalue weighted by molar-refractivity contribution is 7.66. The molecule has 11 atom stereocenters. The highest BCUT2D eigenvalue weighted by atomic mass is 31.3. The third-order valence-corrected chi connectivity index (χ3v) is 12.2. The minimum absolute atomic E-state index is 0. The van der Waals surface area contributed by atoms with Crippen LogP contribution in [0.5, 0.6) is 0 Å². The molecule has 0 amide bonds. The van der Waals surface area contributed by atoms with E-state index < -0.39 is 91.3 Å². The molecule has 2 saturated heterocycles. The molecule has 2 aliphatic rings. The van der Waals surface area contributed by atoms with Gasteiger partial charge < -0.3 is 78.2 Å². The molecule has 0 saturated carbocycles. The summed E-state index contributed by atoms with van der Waals surface area (Å²) in [6.45, 7) is -2.16. The molecule has 4 aromatic heterocycles. The molecular weight excluding hydrogens is 823 g/mol. The number of aromatic amines is 1. The van der Waals surface area contributed by atoms with Gasteiger partial charge in [-0.2, -0.15) is 4.31 Å². The number of fused-ring (bicyclic) bond motifs is 2. The number of H-pyrrole nitrogens is 1. The number of imidazole rings is 2. The van der Waals surface area contributed by atoms with Crippen LogP contribution in [0.1, 0.15) is 12.5 Å². The lowest BCUT2D eigenvalue weighted by Crippen LogP contribution is -2.46. The van der Waals surface area contributed by atoms with Crippen LogP contribution in [0.3, 0.4) is 0 Å². The lowest BCUT2D eigenvalue weighted by molar-refractivity contribution is -0.745. The van der Waals surface area contributed by atoms with Gasteiger partial charge in [0.1, 0.15) is 48.5 Å². The van der Waals surface area contributed by atoms with Crippen molar-refractivity contribution in [1.29, 1.82) is 0 Å². The Hall–Kier alpha value is -3.45. The second-order valence-electron chi connectivity index (χ2n) is 11.9. The average molecular weight is 866 g/mol. The number of nitrogens with one attached hydrogen (secondary N) is 1. The number of phosphoric ester groups is 2. The smallest absolute Gasteiger partial charge is 0.487 e. The number of phosphoric acid groups is 3. The van der Waals surface area contributed by atoms with Crippen LogP contribution in [0.25, 0.3) is 22.3 Å². The first-order valence-corrected chi connectivity index (χ1v) is 19.5. The Morgan fingerprint density at radius 3 is 2.23 bits per heavy atom. The molecule has 316 valence electrons. The van der Waals surface area contributed by atoms with Gasteiger partial charge in [-0.05, 0) is 0 Å². The van der Waals surface area contributed by atoms with Gasteiger partial charge in [0.05, 0.1) is 26.6 Å². The summed E-state index contributed by atoms with van der Waals surface area (Å²) in [4.78, 5) is 65.3. The maximum absolute atomic E-state index is 12.7. The fourth-order valence-corrected chi connectivity index (χ4v) is 9.02. The molecule has 6 unspecified atom stereocenters. The number of rotatable bonds is 13. The first-order valence-electron chi connectivity index (χ1n) is 15.0. The van der Waals surface area contributed by atoms with Gasteiger partial charge in [0.15, 0.2) is 24.0 Å². The molecular formula is C23H42N13O17P3. The summed E-state index contributed by atoms with van der Waals surface area (Å²) in [5, 5.41) is 42.3. The largest absolute Gasteiger partial charge is 0.756 e. The van der Waals surface area contributed by atoms with Crippen LogP contribution in [0.4, 0.5) is 11.8 Å². The summed E-state index contributed by atoms with van der Waals surface area (Å²) >= 11 is 0. The van der Waals surface area contributed by atoms with E-state index in [0.717, 1.165) is 6.33 Å². The molecule has 18 N–H and O–H groups in total. The zero-order valence-corrected chi connectivity index (χ0v) is 32.2. The monoisotopic (exact) mass is 865 g/mol. The van der Waals surface area contributed by atoms with Gasteiger partial charge in [0, 0.05) is 14.1 Å². The Morgan fingerprint density at radius 1 is 0.946 bits per heavy atom. The van der Waals surface area contributed by atoms with Crippen LogP contribution in [0.2, 0.25) is 0 Å². The van der Waals surface area contributed by atoms with Crippen LogP contribution in [0.15, 0.2) is 23.8 Å². The van der Waals surface area contributed by atoms with Gasteiger partial charge >= 0.3 is 21.3 Å². The third-order valence-electron chi connectivity index (χ3n) is 8.00. The number of anilines is 2. The van der Waals surface area contributed by atoms with E-state index in [1.165, 1.54) is 38.3 Å². The van der Waals surface area contributed by atoms with Crippen LogP contribution in [0, 0.1) is 0 Å². The molecule has 4 aromatic rings. The van der Waals surface area contributed by atoms with E-state index in [9.17, 15) is 53.6 Å². The van der Waals surface area contributed by atoms with E-state index in [2.05, 4.69) is 42.6 Å². The van der Waals surface area contributed by atoms with Crippen molar-refractivity contribution < 1.29 is 80.5 Å². The van der Waals surface area contributed by atoms with Crippen molar-refractivity contribution in [3.8, 4) is 0 Å². The number of hydrogen-bond acceptors (Lipinski definition) is 24. The van der Waals surface area contributed by atoms with E-state index in [0.29, 0.717) is 0 Å². The standard InChI is InChI=1S/C23H33N10O17P3.3H3N/c1-30(2)23-28-19-12(20(38)29-23)31(3)8-33(19)22-16(37)14(35)10(48-22)5-46-52(41,42)50-53(43,44)49-51(39,40)45-4-9-13(34)15(36)21(47-9)32-7-27-11-17(24)25-6-26-18(11)32;;;/h6-10,13-16,21-22,34-37H,4-5H2,1-3H3,(H5-,24,25,26,28,29,38,39,40,41,42,43,44);3*1H3/t9?,10-,13-,14+,15-,16?,21?,22-;;;/m1.../s1. The Bertz CT molecular complexity index is 2220. The van der Waals surface area contributed by atoms with Gasteiger partial charge in [0.2, 0.25) is 11.7 Å². The molecule has 0 bridgehead atoms. The third kappa shape index (κ3) is 9.30. The van der Waals surface area contributed by atoms with Crippen molar-refractivity contribution in [3.63, 3.8) is 0 Å². The van der Waals surface area contributed by atoms with E-state index in [4.69, 9.17) is 15.2 Å². The van der Waals surface area contributed by atoms with Crippen molar-refractivity contribution in [1.82, 2.24) is 52.5 Å². The van der Waals surface area contributed by atoms with E-state index in [1.807, 2.05) is 0 Å². The molecule has 6 heterocycles. The molecule has 30 nitrogen and oxygen atoms in total. The first-order chi connectivity index (χ1) is 24.7. The highest BCUT2D eigenvalue weighted by Crippen LogP contribution is 2.66. The molecule has 56 heavy (non-hydrogen) atoms. The maximum Gasteiger partial charge on any atom is 0.487 e. The SMILES string of the molecule is CN(C)c1nc2c(c(=O)[nH]1)n(C)c[n+]2[C@@H]1O[C@H](COP(=O)([O-])OP(=O)(O)OP(=O)(O)OCC2OC(n3cnc4c(N)ncnc43)[C@H](O)[C@@H]2O)[C@H](O)C1O.N.N.N. The summed E-state index contributed by atoms with van der Waals surface area (Å²) in [5.74, 6) is 0.153. The van der Waals surface area contributed by atoms with Crippen molar-refractivity contribution >= 4 is 57.6 Å². The Kier molecular flexibility index (Phi) is 14.4. The fraction of sp³-hybridized carbons (Fsp3) is 0.565. The summed E-state index contributed by atoms with van der Waals surface area (Å²) in [6, 6.07) is 0. The first kappa shape index (κ1) is 46.9. The predicted octanol–water partition coefficient (Wildman–Crippen LogP) is -3.50. The second-order valence-corrected chi connectivity index (χ2v) is 16.5. The predicted molar refractivity (Wildman–Crippen MR) is 184 cm³/mol. The van der Waals surface area contributed by atoms with Gasteiger partial charge in [-0.15, -0.1) is 0 Å². The number of ether oxygens (including phenoxy) is 2. The zero-order valence-electron chi connectivity index (χ0n) is 29.6. The van der Waals surface area contributed by atoms with Crippen molar-refractivity contribution in [2.24, 2.45) is 7.05 Å². The molecule has 6 rings (SSSR count). The normalized spacial score (nSPS) is 28.1. The number of nitrogen functional groups attached to an aromatic ring is 1. The number of hydrogen-bond donors (Lipinski definition) is 11. The van der Waals surface area contributed by atoms with Gasteiger partial charge in [0.25, 0.3) is 19.3 Å². The minimum atomic E-state index is -6.03. The number of aliphatic hydroxyl groups is 4. The lowest BCUT2D eigenvalue weighted by Gasteiger charge is -2.26. The van der Waals surface area contributed by atoms with Gasteiger partial charge in [-0.3, -0.25) is 28.0 Å². The second kappa shape index (κ2) is 17.2. The molecule has 0 radical (unpaired) electrons. The number of aliphatic hydroxyl groups excluding tert-OH is 4. The zero-order chi connectivity index (χ0) is 38.8. The summed E-state index contributed by atoms with van der Waals surface area (Å²) < 4.78 is 69.4. The van der Waals surface area contributed by atoms with Crippen molar-refractivity contribution in [3.05, 3.63) is 29.3 Å². The average Bonchev–Trinajstić information content (AvgIpc) is 3.78. The Labute approximate surface area is 314 Å². The highest BCUT2D eigenvalue weighted by Gasteiger charge is 2.49. The quantitative estimate of drug-likeness (QED) is 0.0459. The van der Waals surface area contributed by atoms with E-state index in [1.54, 1.807) is 14.1 Å². The van der Waals surface area contributed by atoms with Crippen molar-refractivity contribution in [2.75, 3.05) is 37.9 Å². The topological polar surface area (TPSA) is 483 Å². The van der Waals surface area contributed by atoms with Crippen LogP contribution < -0.4 is 44.1 Å². The fourth-order valence-electron chi connectivity index (χ4n) is 5.54. The summed E-state index contributed by atoms with van der Waals surface area (Å²) in [6.07, 6.45) is -9.34. The van der Waals surface area contributed by atoms with E-state index >= 15 is 0 Å². The maximum atomic E-state index is 12.7. The number of nitrogens with zero attached hydrogens (tertiary/aromatic N) is 8. The van der Waals surface area contributed by atoms with Crippen LogP contribution >= 0.6 is 23.5 Å². The summed E-state index contributed by atoms with van der Waals surface area (Å²) in [7, 11) is -12.9. The lowest BCUT2D eigenvalue weighted by atomic mass is 10.1. The van der Waals surface area contributed by atoms with E-state index in [-0.39, 0.29) is 52.5 Å². The van der Waals surface area contributed by atoms with Gasteiger partial charge in [-0.1, -0.05) is 4.98 Å². The molecule has 2 aliphatic heterocycles. The van der Waals surface area contributed by atoms with Crippen LogP contribution in [-0.4, -0.2) is 128 Å². The van der Waals surface area contributed by atoms with Crippen molar-refractivity contribution in [2.45, 2.75) is 49.1 Å². The molecule has 0 aromatic carbocycles. The molecule has 0 aliphatic carbocycles. The molecule has 2 fully saturated rings. The minimum Gasteiger partial charge on any atom is -0.756 e. The Balaban J connectivity index is 0.00000280. The number of aryl methyl sites for hydroxylation is 1. The molecule has 33 heteroatoms. The number of aromatic nitrogens is 8. The summed E-state index contributed by atoms with van der Waals surface area (Å²) in [5.41, 5.74) is 5.56.